The number of allylic oxidation sites excluding steroid dienone is 1. The highest BCUT2D eigenvalue weighted by Crippen LogP contribution is 2.52. The smallest absolute Gasteiger partial charge is 0.309 e. The molecule has 0 aromatic rings. The van der Waals surface area contributed by atoms with Gasteiger partial charge in [-0.1, -0.05) is 19.4 Å². The quantitative estimate of drug-likeness (QED) is 0.517. The van der Waals surface area contributed by atoms with Crippen LogP contribution in [0.25, 0.3) is 0 Å². The lowest BCUT2D eigenvalue weighted by atomic mass is 9.72. The van der Waals surface area contributed by atoms with Gasteiger partial charge in [-0.05, 0) is 42.6 Å². The molecule has 1 aliphatic heterocycles. The molecular formula is C14H20O3. The maximum Gasteiger partial charge on any atom is 0.309 e. The summed E-state index contributed by atoms with van der Waals surface area (Å²) in [4.78, 5) is 11.8. The summed E-state index contributed by atoms with van der Waals surface area (Å²) in [6, 6.07) is 0. The standard InChI is InChI=1S/C14H20O3/c1-14(2)7-8-3-4-10-9(11(8)12(14)15)5-6-17-13(10)16/h9-10,12,15H,3-7H2,1-2H3/t9-,10-,12-/m1/s1. The second-order valence-corrected chi connectivity index (χ2v) is 6.33. The van der Waals surface area contributed by atoms with Crippen molar-refractivity contribution in [3.05, 3.63) is 11.1 Å². The molecule has 1 fully saturated rings. The molecule has 94 valence electrons. The van der Waals surface area contributed by atoms with Gasteiger partial charge in [-0.3, -0.25) is 4.79 Å². The number of hydrogen-bond acceptors (Lipinski definition) is 3. The number of aliphatic hydroxyl groups is 1. The summed E-state index contributed by atoms with van der Waals surface area (Å²) >= 11 is 0. The Morgan fingerprint density at radius 3 is 2.82 bits per heavy atom. The van der Waals surface area contributed by atoms with E-state index in [0.717, 1.165) is 25.7 Å². The Morgan fingerprint density at radius 1 is 1.29 bits per heavy atom. The highest BCUT2D eigenvalue weighted by Gasteiger charge is 2.49. The first-order valence-electron chi connectivity index (χ1n) is 6.57. The van der Waals surface area contributed by atoms with Crippen molar-refractivity contribution in [3.63, 3.8) is 0 Å². The minimum atomic E-state index is -0.365. The van der Waals surface area contributed by atoms with Gasteiger partial charge in [-0.25, -0.2) is 0 Å². The molecule has 1 heterocycles. The fraction of sp³-hybridized carbons (Fsp3) is 0.786. The lowest BCUT2D eigenvalue weighted by Gasteiger charge is -2.37. The second-order valence-electron chi connectivity index (χ2n) is 6.33. The van der Waals surface area contributed by atoms with E-state index in [9.17, 15) is 9.90 Å². The zero-order chi connectivity index (χ0) is 12.2. The number of cyclic esters (lactones) is 1. The third-order valence-electron chi connectivity index (χ3n) is 4.73. The Bertz CT molecular complexity index is 394. The maximum atomic E-state index is 11.8. The Hall–Kier alpha value is -0.830. The number of rotatable bonds is 0. The van der Waals surface area contributed by atoms with Gasteiger partial charge in [0.05, 0.1) is 18.6 Å². The Balaban J connectivity index is 1.96. The van der Waals surface area contributed by atoms with Crippen LogP contribution in [0.4, 0.5) is 0 Å². The number of fused-ring (bicyclic) bond motifs is 2. The largest absolute Gasteiger partial charge is 0.465 e. The Labute approximate surface area is 102 Å². The van der Waals surface area contributed by atoms with Crippen molar-refractivity contribution in [2.24, 2.45) is 17.3 Å². The molecule has 0 amide bonds. The normalized spacial score (nSPS) is 39.7. The van der Waals surface area contributed by atoms with Crippen molar-refractivity contribution < 1.29 is 14.6 Å². The summed E-state index contributed by atoms with van der Waals surface area (Å²) in [5, 5.41) is 10.5. The molecule has 3 atom stereocenters. The van der Waals surface area contributed by atoms with Crippen molar-refractivity contribution in [3.8, 4) is 0 Å². The summed E-state index contributed by atoms with van der Waals surface area (Å²) < 4.78 is 5.14. The predicted molar refractivity (Wildman–Crippen MR) is 63.2 cm³/mol. The van der Waals surface area contributed by atoms with Crippen LogP contribution in [0.2, 0.25) is 0 Å². The first kappa shape index (κ1) is 11.3. The summed E-state index contributed by atoms with van der Waals surface area (Å²) in [5.41, 5.74) is 2.54. The lowest BCUT2D eigenvalue weighted by Crippen LogP contribution is -2.39. The summed E-state index contributed by atoms with van der Waals surface area (Å²) in [6.07, 6.45) is 3.39. The van der Waals surface area contributed by atoms with Crippen molar-refractivity contribution in [2.75, 3.05) is 6.61 Å². The number of esters is 1. The average molecular weight is 236 g/mol. The van der Waals surface area contributed by atoms with Crippen LogP contribution in [0.5, 0.6) is 0 Å². The molecule has 0 unspecified atom stereocenters. The average Bonchev–Trinajstić information content (AvgIpc) is 2.50. The van der Waals surface area contributed by atoms with E-state index in [2.05, 4.69) is 13.8 Å². The zero-order valence-corrected chi connectivity index (χ0v) is 10.5. The minimum Gasteiger partial charge on any atom is -0.465 e. The first-order valence-corrected chi connectivity index (χ1v) is 6.57. The molecule has 17 heavy (non-hydrogen) atoms. The van der Waals surface area contributed by atoms with Crippen molar-refractivity contribution >= 4 is 5.97 Å². The number of ether oxygens (including phenoxy) is 1. The lowest BCUT2D eigenvalue weighted by molar-refractivity contribution is -0.156. The minimum absolute atomic E-state index is 0.00560. The van der Waals surface area contributed by atoms with Crippen LogP contribution in [0.15, 0.2) is 11.1 Å². The molecule has 0 aromatic heterocycles. The molecule has 1 N–H and O–H groups in total. The maximum absolute atomic E-state index is 11.8. The van der Waals surface area contributed by atoms with Crippen LogP contribution in [0.1, 0.15) is 39.5 Å². The highest BCUT2D eigenvalue weighted by atomic mass is 16.5. The third-order valence-corrected chi connectivity index (χ3v) is 4.73. The molecule has 3 rings (SSSR count). The third kappa shape index (κ3) is 1.55. The molecule has 0 radical (unpaired) electrons. The molecule has 3 heteroatoms. The molecule has 2 aliphatic carbocycles. The highest BCUT2D eigenvalue weighted by molar-refractivity contribution is 5.74. The number of carbonyl (C=O) groups excluding carboxylic acids is 1. The van der Waals surface area contributed by atoms with E-state index in [4.69, 9.17) is 4.74 Å². The molecule has 3 nitrogen and oxygen atoms in total. The Kier molecular flexibility index (Phi) is 2.37. The van der Waals surface area contributed by atoms with E-state index in [-0.39, 0.29) is 29.3 Å². The summed E-state index contributed by atoms with van der Waals surface area (Å²) in [7, 11) is 0. The van der Waals surface area contributed by atoms with Crippen LogP contribution in [0, 0.1) is 17.3 Å². The van der Waals surface area contributed by atoms with E-state index in [1.165, 1.54) is 11.1 Å². The van der Waals surface area contributed by atoms with Crippen LogP contribution in [-0.4, -0.2) is 23.8 Å². The summed E-state index contributed by atoms with van der Waals surface area (Å²) in [5.74, 6) is 0.201. The molecule has 0 saturated carbocycles. The van der Waals surface area contributed by atoms with E-state index in [1.54, 1.807) is 0 Å². The monoisotopic (exact) mass is 236 g/mol. The predicted octanol–water partition coefficient (Wildman–Crippen LogP) is 2.05. The molecule has 0 spiro atoms. The van der Waals surface area contributed by atoms with Crippen LogP contribution in [-0.2, 0) is 9.53 Å². The van der Waals surface area contributed by atoms with E-state index < -0.39 is 0 Å². The van der Waals surface area contributed by atoms with Crippen LogP contribution in [0.3, 0.4) is 0 Å². The van der Waals surface area contributed by atoms with Crippen molar-refractivity contribution in [1.82, 2.24) is 0 Å². The van der Waals surface area contributed by atoms with Gasteiger partial charge in [0.2, 0.25) is 0 Å². The van der Waals surface area contributed by atoms with Gasteiger partial charge >= 0.3 is 5.97 Å². The number of hydrogen-bond donors (Lipinski definition) is 1. The van der Waals surface area contributed by atoms with Gasteiger partial charge in [0.25, 0.3) is 0 Å². The van der Waals surface area contributed by atoms with Gasteiger partial charge in [0.1, 0.15) is 0 Å². The molecule has 3 aliphatic rings. The number of aliphatic hydroxyl groups excluding tert-OH is 1. The second kappa shape index (κ2) is 3.58. The van der Waals surface area contributed by atoms with Gasteiger partial charge < -0.3 is 9.84 Å². The summed E-state index contributed by atoms with van der Waals surface area (Å²) in [6.45, 7) is 4.75. The van der Waals surface area contributed by atoms with Gasteiger partial charge in [0, 0.05) is 0 Å². The fourth-order valence-corrected chi connectivity index (χ4v) is 3.84. The van der Waals surface area contributed by atoms with E-state index in [1.807, 2.05) is 0 Å². The SMILES string of the molecule is CC1(C)CC2=C([C@H]1O)[C@@H]1CCOC(=O)[C@@H]1CC2. The molecular weight excluding hydrogens is 216 g/mol. The van der Waals surface area contributed by atoms with Crippen molar-refractivity contribution in [2.45, 2.75) is 45.6 Å². The molecule has 0 bridgehead atoms. The Morgan fingerprint density at radius 2 is 2.06 bits per heavy atom. The van der Waals surface area contributed by atoms with Gasteiger partial charge in [-0.15, -0.1) is 0 Å². The van der Waals surface area contributed by atoms with Gasteiger partial charge in [-0.2, -0.15) is 0 Å². The first-order chi connectivity index (χ1) is 8.00. The van der Waals surface area contributed by atoms with E-state index >= 15 is 0 Å². The molecule has 1 saturated heterocycles. The topological polar surface area (TPSA) is 46.5 Å². The van der Waals surface area contributed by atoms with E-state index in [0.29, 0.717) is 6.61 Å². The van der Waals surface area contributed by atoms with Crippen molar-refractivity contribution in [1.29, 1.82) is 0 Å². The fourth-order valence-electron chi connectivity index (χ4n) is 3.84. The zero-order valence-electron chi connectivity index (χ0n) is 10.5. The van der Waals surface area contributed by atoms with Crippen LogP contribution >= 0.6 is 0 Å². The van der Waals surface area contributed by atoms with Crippen LogP contribution < -0.4 is 0 Å². The number of carbonyl (C=O) groups is 1. The molecule has 0 aromatic carbocycles. The van der Waals surface area contributed by atoms with Gasteiger partial charge in [0.15, 0.2) is 0 Å².